The molecule has 0 aliphatic carbocycles. The fourth-order valence-corrected chi connectivity index (χ4v) is 7.77. The van der Waals surface area contributed by atoms with E-state index in [4.69, 9.17) is 30.4 Å². The molecule has 5 heterocycles. The van der Waals surface area contributed by atoms with E-state index in [0.717, 1.165) is 63.4 Å². The number of H-pyrrole nitrogens is 1. The molecule has 0 amide bonds. The molecule has 0 spiro atoms. The highest BCUT2D eigenvalue weighted by molar-refractivity contribution is 5.94. The van der Waals surface area contributed by atoms with Crippen LogP contribution < -0.4 is 51.2 Å². The molecule has 364 valence electrons. The first-order valence-electron chi connectivity index (χ1n) is 22.2. The minimum atomic E-state index is -0.725. The molecule has 2 aliphatic heterocycles. The third kappa shape index (κ3) is 13.5. The van der Waals surface area contributed by atoms with Gasteiger partial charge in [0.1, 0.15) is 28.7 Å². The average molecular weight is 1060 g/mol. The van der Waals surface area contributed by atoms with Gasteiger partial charge < -0.3 is 59.2 Å². The van der Waals surface area contributed by atoms with Crippen LogP contribution in [0.2, 0.25) is 0 Å². The molecule has 9 rings (SSSR count). The van der Waals surface area contributed by atoms with Crippen LogP contribution in [-0.4, -0.2) is 105 Å². The van der Waals surface area contributed by atoms with E-state index in [1.54, 1.807) is 29.2 Å². The molecule has 20 heteroatoms. The number of Topliss-reactive ketones (excluding diaryl/α,β-unsaturated/α-hetero) is 2. The molecule has 0 radical (unpaired) electrons. The maximum Gasteiger partial charge on any atom is 0.202 e. The first-order valence-corrected chi connectivity index (χ1v) is 22.2. The van der Waals surface area contributed by atoms with Crippen molar-refractivity contribution in [3.8, 4) is 28.8 Å². The quantitative estimate of drug-likeness (QED) is 0.0502. The van der Waals surface area contributed by atoms with E-state index in [1.807, 2.05) is 78.9 Å². The molecule has 18 nitrogen and oxygen atoms in total. The summed E-state index contributed by atoms with van der Waals surface area (Å²) in [6.45, 7) is 4.62. The molecule has 2 saturated heterocycles. The van der Waals surface area contributed by atoms with E-state index in [9.17, 15) is 19.2 Å². The van der Waals surface area contributed by atoms with Crippen LogP contribution in [0.25, 0.3) is 33.8 Å². The fraction of sp³-hybridized carbons (Fsp3) is 0.280. The monoisotopic (exact) mass is 1060 g/mol. The van der Waals surface area contributed by atoms with Crippen LogP contribution in [0, 0.1) is 17.1 Å². The van der Waals surface area contributed by atoms with Crippen molar-refractivity contribution in [1.82, 2.24) is 30.1 Å². The second-order valence-corrected chi connectivity index (χ2v) is 16.2. The Kier molecular flexibility index (Phi) is 19.3. The molecule has 0 unspecified atom stereocenters. The second kappa shape index (κ2) is 25.7. The van der Waals surface area contributed by atoms with Crippen LogP contribution in [0.15, 0.2) is 97.1 Å². The number of nitriles is 1. The molecule has 4 aromatic carbocycles. The van der Waals surface area contributed by atoms with Gasteiger partial charge in [-0.05, 0) is 33.4 Å². The number of hydrazine groups is 1. The Bertz CT molecular complexity index is 2870. The molecule has 0 saturated carbocycles. The number of morpholine rings is 2. The number of fused-ring (bicyclic) bond motifs is 1. The number of nitrogens with two attached hydrogens (primary N) is 3. The van der Waals surface area contributed by atoms with Gasteiger partial charge in [0, 0.05) is 63.0 Å². The van der Waals surface area contributed by atoms with Crippen LogP contribution in [-0.2, 0) is 58.0 Å². The van der Waals surface area contributed by atoms with E-state index in [1.165, 1.54) is 0 Å². The number of nitrogen functional groups attached to an aromatic ring is 1. The third-order valence-electron chi connectivity index (χ3n) is 11.4. The van der Waals surface area contributed by atoms with Crippen molar-refractivity contribution in [3.05, 3.63) is 142 Å². The lowest BCUT2D eigenvalue weighted by molar-refractivity contribution is -0.118. The van der Waals surface area contributed by atoms with Crippen molar-refractivity contribution in [3.63, 3.8) is 0 Å². The van der Waals surface area contributed by atoms with Crippen molar-refractivity contribution in [2.24, 2.45) is 11.7 Å². The van der Waals surface area contributed by atoms with E-state index in [2.05, 4.69) is 41.7 Å². The number of carbonyl (C=O) groups is 2. The Balaban J connectivity index is 0.000000219. The van der Waals surface area contributed by atoms with Gasteiger partial charge in [-0.1, -0.05) is 97.1 Å². The lowest BCUT2D eigenvalue weighted by Gasteiger charge is -2.28. The number of aromatic nitrogens is 6. The number of rotatable bonds is 14. The number of hydrogen-bond donors (Lipinski definition) is 6. The standard InChI is InChI=1S/C25H23FN4O3.C25H26N6O3.HI.H4N2/c26-23-22(15-27)28-24(29-25(23)30-9-11-33-12-10-30)20-7-5-18(6-8-20)14-21(32)13-17-1-3-19(16-31)4-2-17;26-23-21-22(29-30-23)25(31-9-11-34-12-10-31)28-24(27-21)19-7-5-17(6-8-19)14-20(33)13-16-1-3-18(15-32)4-2-16;;1-2/h1-8,31H,9-14,16H2;1-8,32H,9-15H2,(H3,26,29,30);1H;1-2H2/p-1. The Morgan fingerprint density at radius 2 is 0.986 bits per heavy atom. The zero-order chi connectivity index (χ0) is 48.7. The Morgan fingerprint density at radius 3 is 1.40 bits per heavy atom. The van der Waals surface area contributed by atoms with Gasteiger partial charge in [0.2, 0.25) is 5.82 Å². The predicted molar refractivity (Wildman–Crippen MR) is 258 cm³/mol. The summed E-state index contributed by atoms with van der Waals surface area (Å²) in [4.78, 5) is 46.9. The van der Waals surface area contributed by atoms with Gasteiger partial charge in [-0.3, -0.25) is 26.4 Å². The molecule has 2 fully saturated rings. The number of nitrogens with zero attached hydrogens (tertiary/aromatic N) is 8. The van der Waals surface area contributed by atoms with Crippen molar-refractivity contribution in [1.29, 1.82) is 5.26 Å². The topological polar surface area (TPSA) is 282 Å². The molecular weight excluding hydrogens is 1010 g/mol. The number of aromatic amines is 1. The normalized spacial score (nSPS) is 13.3. The largest absolute Gasteiger partial charge is 1.00 e. The summed E-state index contributed by atoms with van der Waals surface area (Å²) in [5, 5.41) is 34.7. The highest BCUT2D eigenvalue weighted by atomic mass is 127. The van der Waals surface area contributed by atoms with Crippen molar-refractivity contribution in [2.45, 2.75) is 38.9 Å². The molecule has 3 aromatic heterocycles. The molecule has 9 N–H and O–H groups in total. The third-order valence-corrected chi connectivity index (χ3v) is 11.4. The van der Waals surface area contributed by atoms with Crippen LogP contribution in [0.4, 0.5) is 21.8 Å². The molecule has 2 aliphatic rings. The molecule has 0 atom stereocenters. The number of benzene rings is 4. The van der Waals surface area contributed by atoms with Crippen molar-refractivity contribution in [2.75, 3.05) is 68.1 Å². The summed E-state index contributed by atoms with van der Waals surface area (Å²) in [6, 6.07) is 31.5. The molecule has 70 heavy (non-hydrogen) atoms. The van der Waals surface area contributed by atoms with E-state index in [0.29, 0.717) is 81.5 Å². The van der Waals surface area contributed by atoms with Crippen LogP contribution in [0.1, 0.15) is 39.1 Å². The molecular formula is C50H53FIN12O6-. The summed E-state index contributed by atoms with van der Waals surface area (Å²) < 4.78 is 25.5. The number of aliphatic hydroxyl groups excluding tert-OH is 2. The highest BCUT2D eigenvalue weighted by Gasteiger charge is 2.23. The molecule has 7 aromatic rings. The van der Waals surface area contributed by atoms with Crippen LogP contribution in [0.5, 0.6) is 0 Å². The zero-order valence-electron chi connectivity index (χ0n) is 38.2. The fourth-order valence-electron chi connectivity index (χ4n) is 7.77. The maximum absolute atomic E-state index is 14.7. The Hall–Kier alpha value is -6.84. The van der Waals surface area contributed by atoms with Crippen LogP contribution in [0.3, 0.4) is 0 Å². The van der Waals surface area contributed by atoms with E-state index in [-0.39, 0.29) is 72.5 Å². The number of nitrogens with one attached hydrogen (secondary N) is 1. The Labute approximate surface area is 420 Å². The van der Waals surface area contributed by atoms with E-state index < -0.39 is 5.82 Å². The van der Waals surface area contributed by atoms with Gasteiger partial charge in [0.25, 0.3) is 0 Å². The van der Waals surface area contributed by atoms with Gasteiger partial charge in [-0.25, -0.2) is 19.9 Å². The minimum absolute atomic E-state index is 0. The SMILES string of the molecule is N#Cc1nc(-c2ccc(CC(=O)Cc3ccc(CO)cc3)cc2)nc(N2CCOCC2)c1F.NN.Nc1n[nH]c2c(N3CCOCC3)nc(-c3ccc(CC(=O)Cc4ccc(CO)cc4)cc3)nc12.[I-]. The summed E-state index contributed by atoms with van der Waals surface area (Å²) in [5.41, 5.74) is 13.8. The van der Waals surface area contributed by atoms with E-state index >= 15 is 0 Å². The summed E-state index contributed by atoms with van der Waals surface area (Å²) in [7, 11) is 0. The van der Waals surface area contributed by atoms with Crippen molar-refractivity contribution >= 4 is 40.1 Å². The minimum Gasteiger partial charge on any atom is -1.00 e. The second-order valence-electron chi connectivity index (χ2n) is 16.2. The van der Waals surface area contributed by atoms with Gasteiger partial charge in [-0.15, -0.1) is 0 Å². The molecule has 0 bridgehead atoms. The zero-order valence-corrected chi connectivity index (χ0v) is 40.4. The number of hydrogen-bond acceptors (Lipinski definition) is 17. The van der Waals surface area contributed by atoms with Gasteiger partial charge >= 0.3 is 0 Å². The maximum atomic E-state index is 14.7. The van der Waals surface area contributed by atoms with Gasteiger partial charge in [0.15, 0.2) is 34.8 Å². The number of ketones is 2. The summed E-state index contributed by atoms with van der Waals surface area (Å²) in [6.07, 6.45) is 1.28. The number of aliphatic hydroxyl groups is 2. The number of ether oxygens (including phenoxy) is 2. The first-order chi connectivity index (χ1) is 33.7. The Morgan fingerprint density at radius 1 is 0.614 bits per heavy atom. The number of halogens is 2. The summed E-state index contributed by atoms with van der Waals surface area (Å²) >= 11 is 0. The first kappa shape index (κ1) is 52.5. The lowest BCUT2D eigenvalue weighted by atomic mass is 10.0. The van der Waals surface area contributed by atoms with Gasteiger partial charge in [0.05, 0.1) is 39.6 Å². The average Bonchev–Trinajstić information content (AvgIpc) is 3.78. The smallest absolute Gasteiger partial charge is 0.202 e. The van der Waals surface area contributed by atoms with Crippen LogP contribution >= 0.6 is 0 Å². The highest BCUT2D eigenvalue weighted by Crippen LogP contribution is 2.30. The predicted octanol–water partition coefficient (Wildman–Crippen LogP) is 0.946. The lowest BCUT2D eigenvalue weighted by Crippen LogP contribution is -3.00. The summed E-state index contributed by atoms with van der Waals surface area (Å²) in [5.74, 6) is 9.49. The van der Waals surface area contributed by atoms with Crippen molar-refractivity contribution < 1.29 is 57.6 Å². The number of anilines is 3. The van der Waals surface area contributed by atoms with Gasteiger partial charge in [-0.2, -0.15) is 14.8 Å². The number of carbonyl (C=O) groups excluding carboxylic acids is 2.